The summed E-state index contributed by atoms with van der Waals surface area (Å²) < 4.78 is 11.5. The predicted molar refractivity (Wildman–Crippen MR) is 68.5 cm³/mol. The van der Waals surface area contributed by atoms with E-state index >= 15 is 0 Å². The van der Waals surface area contributed by atoms with Crippen molar-refractivity contribution in [2.45, 2.75) is 13.0 Å². The highest BCUT2D eigenvalue weighted by molar-refractivity contribution is 9.10. The van der Waals surface area contributed by atoms with Gasteiger partial charge in [0, 0.05) is 0 Å². The van der Waals surface area contributed by atoms with E-state index in [0.717, 1.165) is 11.3 Å². The van der Waals surface area contributed by atoms with E-state index in [-0.39, 0.29) is 6.42 Å². The van der Waals surface area contributed by atoms with Crippen molar-refractivity contribution in [3.63, 3.8) is 0 Å². The van der Waals surface area contributed by atoms with E-state index < -0.39 is 5.97 Å². The van der Waals surface area contributed by atoms with Crippen molar-refractivity contribution >= 4 is 21.9 Å². The summed E-state index contributed by atoms with van der Waals surface area (Å²) in [7, 11) is 0. The van der Waals surface area contributed by atoms with Crippen LogP contribution in [-0.2, 0) is 17.8 Å². The number of carbonyl (C=O) groups is 1. The molecule has 0 unspecified atom stereocenters. The highest BCUT2D eigenvalue weighted by Crippen LogP contribution is 2.18. The van der Waals surface area contributed by atoms with Crippen molar-refractivity contribution in [2.24, 2.45) is 0 Å². The second-order valence-corrected chi connectivity index (χ2v) is 4.49. The first-order chi connectivity index (χ1) is 8.63. The summed E-state index contributed by atoms with van der Waals surface area (Å²) >= 11 is 3.21. The van der Waals surface area contributed by atoms with Crippen LogP contribution in [-0.4, -0.2) is 11.1 Å². The van der Waals surface area contributed by atoms with Gasteiger partial charge in [0.1, 0.15) is 18.1 Å². The van der Waals surface area contributed by atoms with Gasteiger partial charge in [0.25, 0.3) is 0 Å². The average Bonchev–Trinajstić information content (AvgIpc) is 2.74. The molecule has 0 saturated heterocycles. The summed E-state index contributed by atoms with van der Waals surface area (Å²) in [6.07, 6.45) is 0.0193. The van der Waals surface area contributed by atoms with Crippen LogP contribution in [0.2, 0.25) is 0 Å². The molecule has 0 fully saturated rings. The number of rotatable bonds is 5. The topological polar surface area (TPSA) is 59.7 Å². The molecule has 0 aliphatic carbocycles. The van der Waals surface area contributed by atoms with Crippen molar-refractivity contribution in [3.8, 4) is 5.75 Å². The Labute approximate surface area is 112 Å². The van der Waals surface area contributed by atoms with Gasteiger partial charge in [0.15, 0.2) is 4.67 Å². The lowest BCUT2D eigenvalue weighted by molar-refractivity contribution is -0.136. The molecule has 1 aromatic carbocycles. The molecule has 1 aromatic heterocycles. The Hall–Kier alpha value is -1.75. The number of ether oxygens (including phenoxy) is 1. The zero-order valence-corrected chi connectivity index (χ0v) is 11.0. The van der Waals surface area contributed by atoms with Crippen molar-refractivity contribution < 1.29 is 19.1 Å². The second-order valence-electron chi connectivity index (χ2n) is 3.71. The lowest BCUT2D eigenvalue weighted by Crippen LogP contribution is -2.00. The second kappa shape index (κ2) is 5.73. The van der Waals surface area contributed by atoms with Gasteiger partial charge in [-0.05, 0) is 45.8 Å². The molecule has 0 atom stereocenters. The van der Waals surface area contributed by atoms with Crippen molar-refractivity contribution in [1.29, 1.82) is 0 Å². The third-order valence-electron chi connectivity index (χ3n) is 2.29. The number of benzene rings is 1. The molecule has 18 heavy (non-hydrogen) atoms. The normalized spacial score (nSPS) is 10.3. The van der Waals surface area contributed by atoms with E-state index in [1.165, 1.54) is 0 Å². The summed E-state index contributed by atoms with van der Waals surface area (Å²) in [6, 6.07) is 10.6. The van der Waals surface area contributed by atoms with Crippen LogP contribution in [0.3, 0.4) is 0 Å². The number of furan rings is 1. The Morgan fingerprint density at radius 2 is 1.94 bits per heavy atom. The zero-order valence-electron chi connectivity index (χ0n) is 9.43. The Balaban J connectivity index is 1.92. The Kier molecular flexibility index (Phi) is 4.04. The molecular formula is C13H11BrO4. The average molecular weight is 311 g/mol. The molecule has 0 radical (unpaired) electrons. The molecule has 0 aliphatic heterocycles. The largest absolute Gasteiger partial charge is 0.486 e. The fourth-order valence-electron chi connectivity index (χ4n) is 1.46. The summed E-state index contributed by atoms with van der Waals surface area (Å²) in [5, 5.41) is 8.64. The smallest absolute Gasteiger partial charge is 0.307 e. The molecule has 1 heterocycles. The van der Waals surface area contributed by atoms with Crippen LogP contribution in [0.15, 0.2) is 45.5 Å². The van der Waals surface area contributed by atoms with Gasteiger partial charge in [-0.2, -0.15) is 0 Å². The maximum atomic E-state index is 10.5. The lowest BCUT2D eigenvalue weighted by atomic mass is 10.1. The third kappa shape index (κ3) is 3.63. The van der Waals surface area contributed by atoms with Crippen LogP contribution in [0, 0.1) is 0 Å². The number of halogens is 1. The molecule has 0 bridgehead atoms. The minimum Gasteiger partial charge on any atom is -0.486 e. The molecule has 0 saturated carbocycles. The summed E-state index contributed by atoms with van der Waals surface area (Å²) in [4.78, 5) is 10.5. The van der Waals surface area contributed by atoms with Crippen LogP contribution >= 0.6 is 15.9 Å². The van der Waals surface area contributed by atoms with Gasteiger partial charge in [0.05, 0.1) is 6.42 Å². The van der Waals surface area contributed by atoms with Gasteiger partial charge in [-0.3, -0.25) is 4.79 Å². The van der Waals surface area contributed by atoms with Gasteiger partial charge in [-0.25, -0.2) is 0 Å². The Bertz CT molecular complexity index is 530. The molecule has 0 aliphatic rings. The van der Waals surface area contributed by atoms with Gasteiger partial charge in [-0.15, -0.1) is 0 Å². The SMILES string of the molecule is O=C(O)Cc1ccc(OCc2ccc(Br)o2)cc1. The number of hydrogen-bond donors (Lipinski definition) is 1. The molecule has 4 nitrogen and oxygen atoms in total. The highest BCUT2D eigenvalue weighted by Gasteiger charge is 2.03. The third-order valence-corrected chi connectivity index (χ3v) is 2.71. The minimum atomic E-state index is -0.843. The van der Waals surface area contributed by atoms with E-state index in [2.05, 4.69) is 15.9 Å². The maximum Gasteiger partial charge on any atom is 0.307 e. The first-order valence-electron chi connectivity index (χ1n) is 5.31. The van der Waals surface area contributed by atoms with Crippen LogP contribution < -0.4 is 4.74 Å². The van der Waals surface area contributed by atoms with E-state index in [0.29, 0.717) is 17.0 Å². The maximum absolute atomic E-state index is 10.5. The zero-order chi connectivity index (χ0) is 13.0. The van der Waals surface area contributed by atoms with Crippen molar-refractivity contribution in [3.05, 3.63) is 52.4 Å². The van der Waals surface area contributed by atoms with E-state index in [1.807, 2.05) is 6.07 Å². The molecule has 2 aromatic rings. The highest BCUT2D eigenvalue weighted by atomic mass is 79.9. The van der Waals surface area contributed by atoms with Gasteiger partial charge >= 0.3 is 5.97 Å². The standard InChI is InChI=1S/C13H11BrO4/c14-12-6-5-11(18-12)8-17-10-3-1-9(2-4-10)7-13(15)16/h1-6H,7-8H2,(H,15,16). The van der Waals surface area contributed by atoms with Crippen LogP contribution in [0.1, 0.15) is 11.3 Å². The summed E-state index contributed by atoms with van der Waals surface area (Å²) in [5.74, 6) is 0.553. The monoisotopic (exact) mass is 310 g/mol. The summed E-state index contributed by atoms with van der Waals surface area (Å²) in [6.45, 7) is 0.337. The summed E-state index contributed by atoms with van der Waals surface area (Å²) in [5.41, 5.74) is 0.746. The first kappa shape index (κ1) is 12.7. The molecular weight excluding hydrogens is 300 g/mol. The van der Waals surface area contributed by atoms with Crippen LogP contribution in [0.5, 0.6) is 5.75 Å². The Morgan fingerprint density at radius 3 is 2.50 bits per heavy atom. The Morgan fingerprint density at radius 1 is 1.22 bits per heavy atom. The van der Waals surface area contributed by atoms with Crippen molar-refractivity contribution in [2.75, 3.05) is 0 Å². The number of aliphatic carboxylic acids is 1. The van der Waals surface area contributed by atoms with Gasteiger partial charge < -0.3 is 14.3 Å². The molecule has 1 N–H and O–H groups in total. The quantitative estimate of drug-likeness (QED) is 0.921. The fraction of sp³-hybridized carbons (Fsp3) is 0.154. The van der Waals surface area contributed by atoms with Crippen molar-refractivity contribution in [1.82, 2.24) is 0 Å². The molecule has 5 heteroatoms. The van der Waals surface area contributed by atoms with E-state index in [9.17, 15) is 4.79 Å². The fourth-order valence-corrected chi connectivity index (χ4v) is 1.80. The van der Waals surface area contributed by atoms with Gasteiger partial charge in [0.2, 0.25) is 0 Å². The molecule has 2 rings (SSSR count). The number of carboxylic acid groups (broad SMARTS) is 1. The van der Waals surface area contributed by atoms with E-state index in [4.69, 9.17) is 14.3 Å². The lowest BCUT2D eigenvalue weighted by Gasteiger charge is -2.04. The van der Waals surface area contributed by atoms with Gasteiger partial charge in [-0.1, -0.05) is 12.1 Å². The van der Waals surface area contributed by atoms with E-state index in [1.54, 1.807) is 30.3 Å². The molecule has 0 amide bonds. The molecule has 0 spiro atoms. The minimum absolute atomic E-state index is 0.0193. The van der Waals surface area contributed by atoms with Crippen LogP contribution in [0.4, 0.5) is 0 Å². The molecule has 94 valence electrons. The number of hydrogen-bond acceptors (Lipinski definition) is 3. The predicted octanol–water partition coefficient (Wildman–Crippen LogP) is 3.25. The number of carboxylic acids is 1. The van der Waals surface area contributed by atoms with Crippen LogP contribution in [0.25, 0.3) is 0 Å². The first-order valence-corrected chi connectivity index (χ1v) is 6.10.